The molecule has 0 saturated heterocycles. The first-order valence-corrected chi connectivity index (χ1v) is 11.6. The van der Waals surface area contributed by atoms with Crippen LogP contribution in [0.15, 0.2) is 53.9 Å². The van der Waals surface area contributed by atoms with Crippen molar-refractivity contribution < 1.29 is 14.3 Å². The minimum absolute atomic E-state index is 0.0996. The number of rotatable bonds is 10. The number of benzene rings is 2. The highest BCUT2D eigenvalue weighted by molar-refractivity contribution is 7.09. The SMILES string of the molecule is Cc1ccccc1C(=O)NCCCNC(=O)c1csc(COc2ccc(C(C)C)cc2)n1. The van der Waals surface area contributed by atoms with Crippen LogP contribution in [-0.2, 0) is 6.61 Å². The molecule has 32 heavy (non-hydrogen) atoms. The molecule has 0 unspecified atom stereocenters. The molecule has 2 amide bonds. The molecule has 2 N–H and O–H groups in total. The standard InChI is InChI=1S/C25H29N3O3S/c1-17(2)19-9-11-20(12-10-19)31-15-23-28-22(16-32-23)25(30)27-14-6-13-26-24(29)21-8-5-4-7-18(21)3/h4-5,7-12,16-17H,6,13-15H2,1-3H3,(H,26,29)(H,27,30). The van der Waals surface area contributed by atoms with Gasteiger partial charge in [-0.1, -0.05) is 44.2 Å². The number of hydrogen-bond donors (Lipinski definition) is 2. The molecular weight excluding hydrogens is 422 g/mol. The molecule has 0 aliphatic carbocycles. The Morgan fingerprint density at radius 1 is 1.00 bits per heavy atom. The Bertz CT molecular complexity index is 1040. The first kappa shape index (κ1) is 23.5. The molecule has 0 spiro atoms. The van der Waals surface area contributed by atoms with Gasteiger partial charge in [0.2, 0.25) is 0 Å². The lowest BCUT2D eigenvalue weighted by Gasteiger charge is -2.08. The van der Waals surface area contributed by atoms with Crippen LogP contribution < -0.4 is 15.4 Å². The van der Waals surface area contributed by atoms with Crippen molar-refractivity contribution in [3.8, 4) is 5.75 Å². The lowest BCUT2D eigenvalue weighted by Crippen LogP contribution is -2.30. The average Bonchev–Trinajstić information content (AvgIpc) is 3.27. The maximum atomic E-state index is 12.3. The Labute approximate surface area is 193 Å². The zero-order valence-electron chi connectivity index (χ0n) is 18.7. The summed E-state index contributed by atoms with van der Waals surface area (Å²) in [6.45, 7) is 7.48. The first-order chi connectivity index (χ1) is 15.4. The second kappa shape index (κ2) is 11.4. The van der Waals surface area contributed by atoms with Crippen molar-refractivity contribution in [3.05, 3.63) is 81.3 Å². The molecule has 0 fully saturated rings. The summed E-state index contributed by atoms with van der Waals surface area (Å²) in [4.78, 5) is 28.8. The Hall–Kier alpha value is -3.19. The molecule has 7 heteroatoms. The van der Waals surface area contributed by atoms with Crippen LogP contribution in [-0.4, -0.2) is 29.9 Å². The van der Waals surface area contributed by atoms with Crippen molar-refractivity contribution in [2.24, 2.45) is 0 Å². The van der Waals surface area contributed by atoms with Gasteiger partial charge in [-0.15, -0.1) is 11.3 Å². The first-order valence-electron chi connectivity index (χ1n) is 10.7. The third-order valence-electron chi connectivity index (χ3n) is 5.01. The largest absolute Gasteiger partial charge is 0.486 e. The molecule has 0 aliphatic rings. The van der Waals surface area contributed by atoms with Gasteiger partial charge >= 0.3 is 0 Å². The summed E-state index contributed by atoms with van der Waals surface area (Å²) in [7, 11) is 0. The van der Waals surface area contributed by atoms with Gasteiger partial charge in [-0.3, -0.25) is 9.59 Å². The van der Waals surface area contributed by atoms with Gasteiger partial charge in [-0.2, -0.15) is 0 Å². The van der Waals surface area contributed by atoms with Crippen molar-refractivity contribution in [1.82, 2.24) is 15.6 Å². The molecule has 6 nitrogen and oxygen atoms in total. The number of carbonyl (C=O) groups is 2. The van der Waals surface area contributed by atoms with Gasteiger partial charge in [0.1, 0.15) is 23.1 Å². The molecule has 0 saturated carbocycles. The van der Waals surface area contributed by atoms with E-state index < -0.39 is 0 Å². The lowest BCUT2D eigenvalue weighted by atomic mass is 10.0. The third-order valence-corrected chi connectivity index (χ3v) is 5.83. The van der Waals surface area contributed by atoms with Gasteiger partial charge in [0.05, 0.1) is 0 Å². The van der Waals surface area contributed by atoms with Gasteiger partial charge in [0.15, 0.2) is 0 Å². The molecule has 3 aromatic rings. The molecule has 1 aromatic heterocycles. The summed E-state index contributed by atoms with van der Waals surface area (Å²) in [6, 6.07) is 15.5. The predicted molar refractivity (Wildman–Crippen MR) is 127 cm³/mol. The Morgan fingerprint density at radius 2 is 1.69 bits per heavy atom. The quantitative estimate of drug-likeness (QED) is 0.438. The van der Waals surface area contributed by atoms with Crippen LogP contribution in [0.5, 0.6) is 5.75 Å². The Kier molecular flexibility index (Phi) is 8.39. The second-order valence-electron chi connectivity index (χ2n) is 7.82. The third kappa shape index (κ3) is 6.65. The monoisotopic (exact) mass is 451 g/mol. The topological polar surface area (TPSA) is 80.3 Å². The van der Waals surface area contributed by atoms with E-state index in [0.717, 1.165) is 16.3 Å². The number of thiazole rings is 1. The Balaban J connectivity index is 1.37. The molecule has 0 atom stereocenters. The fourth-order valence-corrected chi connectivity index (χ4v) is 3.77. The number of ether oxygens (including phenoxy) is 1. The minimum Gasteiger partial charge on any atom is -0.486 e. The molecule has 3 rings (SSSR count). The summed E-state index contributed by atoms with van der Waals surface area (Å²) in [6.07, 6.45) is 0.635. The van der Waals surface area contributed by atoms with Crippen LogP contribution in [0.1, 0.15) is 63.2 Å². The molecule has 0 bridgehead atoms. The summed E-state index contributed by atoms with van der Waals surface area (Å²) < 4.78 is 5.78. The van der Waals surface area contributed by atoms with Gasteiger partial charge < -0.3 is 15.4 Å². The number of nitrogens with zero attached hydrogens (tertiary/aromatic N) is 1. The number of carbonyl (C=O) groups excluding carboxylic acids is 2. The van der Waals surface area contributed by atoms with Gasteiger partial charge in [-0.25, -0.2) is 4.98 Å². The van der Waals surface area contributed by atoms with Crippen LogP contribution in [0.3, 0.4) is 0 Å². The molecule has 0 aliphatic heterocycles. The fraction of sp³-hybridized carbons (Fsp3) is 0.320. The van der Waals surface area contributed by atoms with Crippen molar-refractivity contribution in [2.45, 2.75) is 39.7 Å². The molecule has 0 radical (unpaired) electrons. The van der Waals surface area contributed by atoms with Crippen molar-refractivity contribution >= 4 is 23.2 Å². The van der Waals surface area contributed by atoms with Gasteiger partial charge in [-0.05, 0) is 48.6 Å². The van der Waals surface area contributed by atoms with Gasteiger partial charge in [0.25, 0.3) is 11.8 Å². The van der Waals surface area contributed by atoms with Crippen LogP contribution >= 0.6 is 11.3 Å². The highest BCUT2D eigenvalue weighted by Gasteiger charge is 2.11. The van der Waals surface area contributed by atoms with Crippen LogP contribution in [0, 0.1) is 6.92 Å². The highest BCUT2D eigenvalue weighted by atomic mass is 32.1. The molecule has 1 heterocycles. The Morgan fingerprint density at radius 3 is 2.38 bits per heavy atom. The van der Waals surface area contributed by atoms with E-state index >= 15 is 0 Å². The minimum atomic E-state index is -0.223. The summed E-state index contributed by atoms with van der Waals surface area (Å²) in [5.74, 6) is 0.938. The summed E-state index contributed by atoms with van der Waals surface area (Å²) >= 11 is 1.40. The van der Waals surface area contributed by atoms with E-state index in [2.05, 4.69) is 41.6 Å². The van der Waals surface area contributed by atoms with E-state index in [1.165, 1.54) is 16.9 Å². The smallest absolute Gasteiger partial charge is 0.270 e. The van der Waals surface area contributed by atoms with Crippen molar-refractivity contribution in [3.63, 3.8) is 0 Å². The number of amides is 2. The zero-order valence-corrected chi connectivity index (χ0v) is 19.5. The molecule has 2 aromatic carbocycles. The van der Waals surface area contributed by atoms with E-state index in [-0.39, 0.29) is 11.8 Å². The van der Waals surface area contributed by atoms with Crippen LogP contribution in [0.2, 0.25) is 0 Å². The lowest BCUT2D eigenvalue weighted by molar-refractivity contribution is 0.0948. The van der Waals surface area contributed by atoms with E-state index in [4.69, 9.17) is 4.74 Å². The van der Waals surface area contributed by atoms with E-state index in [0.29, 0.717) is 43.3 Å². The highest BCUT2D eigenvalue weighted by Crippen LogP contribution is 2.20. The molecular formula is C25H29N3O3S. The van der Waals surface area contributed by atoms with E-state index in [9.17, 15) is 9.59 Å². The maximum absolute atomic E-state index is 12.3. The average molecular weight is 452 g/mol. The number of aryl methyl sites for hydroxylation is 1. The fourth-order valence-electron chi connectivity index (χ4n) is 3.08. The zero-order chi connectivity index (χ0) is 22.9. The predicted octanol–water partition coefficient (Wildman–Crippen LogP) is 4.70. The van der Waals surface area contributed by atoms with Crippen molar-refractivity contribution in [2.75, 3.05) is 13.1 Å². The van der Waals surface area contributed by atoms with Crippen LogP contribution in [0.4, 0.5) is 0 Å². The van der Waals surface area contributed by atoms with E-state index in [1.54, 1.807) is 11.4 Å². The maximum Gasteiger partial charge on any atom is 0.270 e. The van der Waals surface area contributed by atoms with E-state index in [1.807, 2.05) is 37.3 Å². The molecule has 168 valence electrons. The summed E-state index contributed by atoms with van der Waals surface area (Å²) in [5.41, 5.74) is 3.26. The normalized spacial score (nSPS) is 10.8. The summed E-state index contributed by atoms with van der Waals surface area (Å²) in [5, 5.41) is 8.20. The number of aromatic nitrogens is 1. The number of hydrogen-bond acceptors (Lipinski definition) is 5. The van der Waals surface area contributed by atoms with Crippen molar-refractivity contribution in [1.29, 1.82) is 0 Å². The van der Waals surface area contributed by atoms with Crippen LogP contribution in [0.25, 0.3) is 0 Å². The number of nitrogens with one attached hydrogen (secondary N) is 2. The second-order valence-corrected chi connectivity index (χ2v) is 8.76. The van der Waals surface area contributed by atoms with Gasteiger partial charge in [0, 0.05) is 24.0 Å².